The minimum Gasteiger partial charge on any atom is -0.372 e. The minimum absolute atomic E-state index is 0.252. The van der Waals surface area contributed by atoms with E-state index in [-0.39, 0.29) is 6.10 Å². The topological polar surface area (TPSA) is 60.2 Å². The lowest BCUT2D eigenvalue weighted by Crippen LogP contribution is -2.43. The number of aryl methyl sites for hydroxylation is 1. The van der Waals surface area contributed by atoms with E-state index in [1.807, 2.05) is 25.1 Å². The summed E-state index contributed by atoms with van der Waals surface area (Å²) in [7, 11) is 0. The third-order valence-corrected chi connectivity index (χ3v) is 4.10. The standard InChI is InChI=1S/C17H23N3O2/c1-13-19-17(20-22-13)11-18-15-9-5-6-10-16(15)21-12-14-7-3-2-4-8-14/h2-4,7-8,15-16,18H,5-6,9-12H2,1H3/t15-,16+/m0/s1. The van der Waals surface area contributed by atoms with Gasteiger partial charge in [0.1, 0.15) is 0 Å². The Morgan fingerprint density at radius 3 is 2.82 bits per heavy atom. The molecule has 1 aromatic heterocycles. The highest BCUT2D eigenvalue weighted by Gasteiger charge is 2.25. The maximum absolute atomic E-state index is 6.15. The van der Waals surface area contributed by atoms with Gasteiger partial charge in [-0.2, -0.15) is 4.98 Å². The van der Waals surface area contributed by atoms with E-state index >= 15 is 0 Å². The summed E-state index contributed by atoms with van der Waals surface area (Å²) in [5.41, 5.74) is 1.22. The van der Waals surface area contributed by atoms with Gasteiger partial charge in [-0.1, -0.05) is 48.3 Å². The number of benzene rings is 1. The molecule has 1 saturated carbocycles. The van der Waals surface area contributed by atoms with Crippen LogP contribution in [0, 0.1) is 6.92 Å². The number of ether oxygens (including phenoxy) is 1. The van der Waals surface area contributed by atoms with Gasteiger partial charge in [0.2, 0.25) is 5.89 Å². The van der Waals surface area contributed by atoms with Crippen LogP contribution in [-0.4, -0.2) is 22.3 Å². The molecule has 0 aliphatic heterocycles. The fourth-order valence-corrected chi connectivity index (χ4v) is 2.94. The van der Waals surface area contributed by atoms with Crippen LogP contribution in [0.2, 0.25) is 0 Å². The van der Waals surface area contributed by atoms with Crippen molar-refractivity contribution in [3.8, 4) is 0 Å². The molecule has 1 aliphatic carbocycles. The molecule has 0 spiro atoms. The Balaban J connectivity index is 1.52. The quantitative estimate of drug-likeness (QED) is 0.888. The molecular weight excluding hydrogens is 278 g/mol. The zero-order chi connectivity index (χ0) is 15.2. The SMILES string of the molecule is Cc1nc(CN[C@H]2CCCC[C@H]2OCc2ccccc2)no1. The molecule has 2 aromatic rings. The molecule has 3 rings (SSSR count). The van der Waals surface area contributed by atoms with Crippen molar-refractivity contribution >= 4 is 0 Å². The van der Waals surface area contributed by atoms with E-state index in [0.29, 0.717) is 30.9 Å². The molecule has 1 N–H and O–H groups in total. The van der Waals surface area contributed by atoms with Crippen molar-refractivity contribution in [3.63, 3.8) is 0 Å². The molecule has 22 heavy (non-hydrogen) atoms. The monoisotopic (exact) mass is 301 g/mol. The Hall–Kier alpha value is -1.72. The van der Waals surface area contributed by atoms with Gasteiger partial charge in [-0.25, -0.2) is 0 Å². The van der Waals surface area contributed by atoms with Gasteiger partial charge in [-0.15, -0.1) is 0 Å². The summed E-state index contributed by atoms with van der Waals surface area (Å²) in [5.74, 6) is 1.32. The van der Waals surface area contributed by atoms with Crippen molar-refractivity contribution in [2.75, 3.05) is 0 Å². The van der Waals surface area contributed by atoms with Crippen molar-refractivity contribution in [1.82, 2.24) is 15.5 Å². The maximum Gasteiger partial charge on any atom is 0.223 e. The molecule has 0 bridgehead atoms. The molecule has 5 heteroatoms. The van der Waals surface area contributed by atoms with Crippen LogP contribution < -0.4 is 5.32 Å². The van der Waals surface area contributed by atoms with E-state index in [1.54, 1.807) is 0 Å². The summed E-state index contributed by atoms with van der Waals surface area (Å²) in [6.45, 7) is 3.11. The number of hydrogen-bond acceptors (Lipinski definition) is 5. The van der Waals surface area contributed by atoms with Gasteiger partial charge in [-0.3, -0.25) is 0 Å². The van der Waals surface area contributed by atoms with Crippen LogP contribution in [0.25, 0.3) is 0 Å². The third kappa shape index (κ3) is 4.15. The fourth-order valence-electron chi connectivity index (χ4n) is 2.94. The first-order chi connectivity index (χ1) is 10.8. The predicted molar refractivity (Wildman–Crippen MR) is 83.1 cm³/mol. The summed E-state index contributed by atoms with van der Waals surface area (Å²) in [5, 5.41) is 7.46. The van der Waals surface area contributed by atoms with Crippen molar-refractivity contribution in [2.24, 2.45) is 0 Å². The molecule has 118 valence electrons. The summed E-state index contributed by atoms with van der Waals surface area (Å²) < 4.78 is 11.2. The Bertz CT molecular complexity index is 570. The number of nitrogens with zero attached hydrogens (tertiary/aromatic N) is 2. The van der Waals surface area contributed by atoms with Gasteiger partial charge in [0.05, 0.1) is 19.3 Å². The Morgan fingerprint density at radius 2 is 2.05 bits per heavy atom. The number of nitrogens with one attached hydrogen (secondary N) is 1. The van der Waals surface area contributed by atoms with Crippen LogP contribution in [0.15, 0.2) is 34.9 Å². The molecule has 1 heterocycles. The Labute approximate surface area is 131 Å². The van der Waals surface area contributed by atoms with Gasteiger partial charge in [0.25, 0.3) is 0 Å². The van der Waals surface area contributed by atoms with Gasteiger partial charge >= 0.3 is 0 Å². The first kappa shape index (κ1) is 15.2. The van der Waals surface area contributed by atoms with E-state index in [0.717, 1.165) is 12.8 Å². The van der Waals surface area contributed by atoms with E-state index in [9.17, 15) is 0 Å². The average Bonchev–Trinajstić information content (AvgIpc) is 2.98. The van der Waals surface area contributed by atoms with Crippen LogP contribution in [0.1, 0.15) is 43.0 Å². The van der Waals surface area contributed by atoms with E-state index < -0.39 is 0 Å². The second kappa shape index (κ2) is 7.51. The van der Waals surface area contributed by atoms with E-state index in [4.69, 9.17) is 9.26 Å². The predicted octanol–water partition coefficient (Wildman–Crippen LogP) is 3.00. The summed E-state index contributed by atoms with van der Waals surface area (Å²) >= 11 is 0. The molecule has 0 saturated heterocycles. The van der Waals surface area contributed by atoms with Crippen LogP contribution in [0.4, 0.5) is 0 Å². The summed E-state index contributed by atoms with van der Waals surface area (Å²) in [6.07, 6.45) is 4.97. The van der Waals surface area contributed by atoms with Crippen molar-refractivity contribution < 1.29 is 9.26 Å². The normalized spacial score (nSPS) is 21.9. The van der Waals surface area contributed by atoms with Crippen LogP contribution in [-0.2, 0) is 17.9 Å². The highest BCUT2D eigenvalue weighted by atomic mass is 16.5. The zero-order valence-corrected chi connectivity index (χ0v) is 13.0. The lowest BCUT2D eigenvalue weighted by molar-refractivity contribution is -0.00613. The Kier molecular flexibility index (Phi) is 5.19. The number of rotatable bonds is 6. The van der Waals surface area contributed by atoms with Crippen LogP contribution in [0.5, 0.6) is 0 Å². The highest BCUT2D eigenvalue weighted by Crippen LogP contribution is 2.22. The summed E-state index contributed by atoms with van der Waals surface area (Å²) in [4.78, 5) is 4.23. The van der Waals surface area contributed by atoms with E-state index in [2.05, 4.69) is 27.6 Å². The molecule has 1 aromatic carbocycles. The first-order valence-electron chi connectivity index (χ1n) is 7.99. The summed E-state index contributed by atoms with van der Waals surface area (Å²) in [6, 6.07) is 10.7. The number of aromatic nitrogens is 2. The van der Waals surface area contributed by atoms with Crippen LogP contribution in [0.3, 0.4) is 0 Å². The lowest BCUT2D eigenvalue weighted by atomic mass is 9.92. The lowest BCUT2D eigenvalue weighted by Gasteiger charge is -2.32. The molecule has 1 fully saturated rings. The highest BCUT2D eigenvalue weighted by molar-refractivity contribution is 5.13. The van der Waals surface area contributed by atoms with Crippen molar-refractivity contribution in [3.05, 3.63) is 47.6 Å². The molecule has 0 unspecified atom stereocenters. The third-order valence-electron chi connectivity index (χ3n) is 4.10. The Morgan fingerprint density at radius 1 is 1.23 bits per heavy atom. The zero-order valence-electron chi connectivity index (χ0n) is 13.0. The van der Waals surface area contributed by atoms with Crippen molar-refractivity contribution in [1.29, 1.82) is 0 Å². The molecular formula is C17H23N3O2. The molecule has 2 atom stereocenters. The van der Waals surface area contributed by atoms with Gasteiger partial charge in [0, 0.05) is 13.0 Å². The van der Waals surface area contributed by atoms with Crippen LogP contribution >= 0.6 is 0 Å². The minimum atomic E-state index is 0.252. The molecule has 0 amide bonds. The molecule has 5 nitrogen and oxygen atoms in total. The second-order valence-electron chi connectivity index (χ2n) is 5.84. The fraction of sp³-hybridized carbons (Fsp3) is 0.529. The average molecular weight is 301 g/mol. The smallest absolute Gasteiger partial charge is 0.223 e. The largest absolute Gasteiger partial charge is 0.372 e. The van der Waals surface area contributed by atoms with Gasteiger partial charge in [0.15, 0.2) is 5.82 Å². The number of hydrogen-bond donors (Lipinski definition) is 1. The van der Waals surface area contributed by atoms with Gasteiger partial charge < -0.3 is 14.6 Å². The molecule has 0 radical (unpaired) electrons. The first-order valence-corrected chi connectivity index (χ1v) is 7.99. The molecule has 1 aliphatic rings. The van der Waals surface area contributed by atoms with Gasteiger partial charge in [-0.05, 0) is 18.4 Å². The van der Waals surface area contributed by atoms with E-state index in [1.165, 1.54) is 18.4 Å². The second-order valence-corrected chi connectivity index (χ2v) is 5.84. The van der Waals surface area contributed by atoms with Crippen molar-refractivity contribution in [2.45, 2.75) is 57.9 Å². The maximum atomic E-state index is 6.15.